The van der Waals surface area contributed by atoms with Gasteiger partial charge in [0.15, 0.2) is 0 Å². The predicted octanol–water partition coefficient (Wildman–Crippen LogP) is 3.82. The summed E-state index contributed by atoms with van der Waals surface area (Å²) in [5.74, 6) is 0.837. The van der Waals surface area contributed by atoms with Crippen molar-refractivity contribution in [3.8, 4) is 0 Å². The second kappa shape index (κ2) is 3.53. The van der Waals surface area contributed by atoms with Gasteiger partial charge in [-0.25, -0.2) is 0 Å². The molecule has 0 fully saturated rings. The first-order chi connectivity index (χ1) is 6.31. The molecule has 0 heterocycles. The van der Waals surface area contributed by atoms with Crippen molar-refractivity contribution >= 4 is 0 Å². The van der Waals surface area contributed by atoms with Gasteiger partial charge in [-0.05, 0) is 49.7 Å². The molecule has 0 nitrogen and oxygen atoms in total. The van der Waals surface area contributed by atoms with Gasteiger partial charge >= 0.3 is 0 Å². The van der Waals surface area contributed by atoms with Gasteiger partial charge < -0.3 is 0 Å². The van der Waals surface area contributed by atoms with E-state index in [1.807, 2.05) is 0 Å². The van der Waals surface area contributed by atoms with Crippen LogP contribution in [0.3, 0.4) is 0 Å². The molecule has 70 valence electrons. The van der Waals surface area contributed by atoms with Crippen LogP contribution in [0.25, 0.3) is 0 Å². The highest BCUT2D eigenvalue weighted by molar-refractivity contribution is 5.35. The molecule has 0 N–H and O–H groups in total. The van der Waals surface area contributed by atoms with E-state index in [1.165, 1.54) is 31.2 Å². The third-order valence-electron chi connectivity index (χ3n) is 3.23. The Bertz CT molecular complexity index is 299. The van der Waals surface area contributed by atoms with Gasteiger partial charge in [0.2, 0.25) is 0 Å². The molecule has 1 aromatic rings. The molecule has 0 saturated heterocycles. The van der Waals surface area contributed by atoms with Gasteiger partial charge in [-0.2, -0.15) is 0 Å². The van der Waals surface area contributed by atoms with E-state index < -0.39 is 0 Å². The fraction of sp³-hybridized carbons (Fsp3) is 0.538. The topological polar surface area (TPSA) is 0 Å². The molecule has 0 saturated carbocycles. The standard InChI is InChI=1S/C13H18/c1-3-11-5-4-6-12-9-10(2)7-8-13(11)12/h7-9,11H,3-6H2,1-2H3. The summed E-state index contributed by atoms with van der Waals surface area (Å²) in [5.41, 5.74) is 4.65. The van der Waals surface area contributed by atoms with E-state index in [1.54, 1.807) is 11.1 Å². The summed E-state index contributed by atoms with van der Waals surface area (Å²) in [5, 5.41) is 0. The summed E-state index contributed by atoms with van der Waals surface area (Å²) in [6.45, 7) is 4.50. The maximum absolute atomic E-state index is 2.37. The first kappa shape index (κ1) is 8.80. The Kier molecular flexibility index (Phi) is 2.39. The third kappa shape index (κ3) is 1.63. The lowest BCUT2D eigenvalue weighted by Gasteiger charge is -2.24. The SMILES string of the molecule is CCC1CCCc2cc(C)ccc21. The van der Waals surface area contributed by atoms with Gasteiger partial charge in [0.1, 0.15) is 0 Å². The van der Waals surface area contributed by atoms with Crippen molar-refractivity contribution in [3.63, 3.8) is 0 Å². The highest BCUT2D eigenvalue weighted by atomic mass is 14.2. The molecule has 13 heavy (non-hydrogen) atoms. The summed E-state index contributed by atoms with van der Waals surface area (Å²) < 4.78 is 0. The molecule has 0 heteroatoms. The van der Waals surface area contributed by atoms with Gasteiger partial charge in [0, 0.05) is 0 Å². The van der Waals surface area contributed by atoms with E-state index in [-0.39, 0.29) is 0 Å². The number of aryl methyl sites for hydroxylation is 2. The number of rotatable bonds is 1. The van der Waals surface area contributed by atoms with Crippen LogP contribution in [0.4, 0.5) is 0 Å². The van der Waals surface area contributed by atoms with Crippen LogP contribution in [-0.4, -0.2) is 0 Å². The molecule has 0 amide bonds. The van der Waals surface area contributed by atoms with Crippen molar-refractivity contribution < 1.29 is 0 Å². The van der Waals surface area contributed by atoms with E-state index in [9.17, 15) is 0 Å². The van der Waals surface area contributed by atoms with Gasteiger partial charge in [-0.15, -0.1) is 0 Å². The van der Waals surface area contributed by atoms with Gasteiger partial charge in [0.05, 0.1) is 0 Å². The molecule has 0 bridgehead atoms. The number of benzene rings is 1. The highest BCUT2D eigenvalue weighted by Gasteiger charge is 2.17. The van der Waals surface area contributed by atoms with Crippen molar-refractivity contribution in [1.82, 2.24) is 0 Å². The quantitative estimate of drug-likeness (QED) is 0.607. The van der Waals surface area contributed by atoms with E-state index in [4.69, 9.17) is 0 Å². The molecule has 0 radical (unpaired) electrons. The minimum Gasteiger partial charge on any atom is -0.0648 e. The predicted molar refractivity (Wildman–Crippen MR) is 57.1 cm³/mol. The molecule has 1 aliphatic carbocycles. The Morgan fingerprint density at radius 1 is 1.38 bits per heavy atom. The lowest BCUT2D eigenvalue weighted by atomic mass is 9.81. The second-order valence-corrected chi connectivity index (χ2v) is 4.20. The van der Waals surface area contributed by atoms with Crippen LogP contribution >= 0.6 is 0 Å². The zero-order valence-electron chi connectivity index (χ0n) is 8.64. The largest absolute Gasteiger partial charge is 0.0648 e. The number of hydrogen-bond donors (Lipinski definition) is 0. The van der Waals surface area contributed by atoms with Crippen LogP contribution < -0.4 is 0 Å². The third-order valence-corrected chi connectivity index (χ3v) is 3.23. The van der Waals surface area contributed by atoms with E-state index in [0.29, 0.717) is 0 Å². The number of hydrogen-bond acceptors (Lipinski definition) is 0. The molecule has 0 aromatic heterocycles. The molecule has 0 aliphatic heterocycles. The smallest absolute Gasteiger partial charge is 0.0162 e. The average Bonchev–Trinajstić information content (AvgIpc) is 2.16. The van der Waals surface area contributed by atoms with E-state index in [0.717, 1.165) is 5.92 Å². The normalized spacial score (nSPS) is 21.2. The maximum atomic E-state index is 2.37. The molecule has 1 atom stereocenters. The van der Waals surface area contributed by atoms with E-state index >= 15 is 0 Å². The first-order valence-electron chi connectivity index (χ1n) is 5.40. The molecule has 2 rings (SSSR count). The summed E-state index contributed by atoms with van der Waals surface area (Å²) in [6, 6.07) is 6.97. The molecule has 1 aromatic carbocycles. The Morgan fingerprint density at radius 2 is 2.23 bits per heavy atom. The van der Waals surface area contributed by atoms with Crippen molar-refractivity contribution in [2.45, 2.75) is 45.4 Å². The van der Waals surface area contributed by atoms with Crippen LogP contribution in [0.5, 0.6) is 0 Å². The lowest BCUT2D eigenvalue weighted by molar-refractivity contribution is 0.539. The molecule has 1 aliphatic rings. The monoisotopic (exact) mass is 174 g/mol. The molecular formula is C13H18. The summed E-state index contributed by atoms with van der Waals surface area (Å²) in [6.07, 6.45) is 5.38. The average molecular weight is 174 g/mol. The van der Waals surface area contributed by atoms with Gasteiger partial charge in [-0.3, -0.25) is 0 Å². The highest BCUT2D eigenvalue weighted by Crippen LogP contribution is 2.33. The molecule has 0 spiro atoms. The van der Waals surface area contributed by atoms with Gasteiger partial charge in [-0.1, -0.05) is 30.7 Å². The Hall–Kier alpha value is -0.780. The minimum atomic E-state index is 0.837. The summed E-state index contributed by atoms with van der Waals surface area (Å²) >= 11 is 0. The van der Waals surface area contributed by atoms with Crippen molar-refractivity contribution in [3.05, 3.63) is 34.9 Å². The second-order valence-electron chi connectivity index (χ2n) is 4.20. The summed E-state index contributed by atoms with van der Waals surface area (Å²) in [4.78, 5) is 0. The van der Waals surface area contributed by atoms with Crippen molar-refractivity contribution in [2.24, 2.45) is 0 Å². The van der Waals surface area contributed by atoms with Crippen molar-refractivity contribution in [1.29, 1.82) is 0 Å². The zero-order chi connectivity index (χ0) is 9.26. The first-order valence-corrected chi connectivity index (χ1v) is 5.40. The van der Waals surface area contributed by atoms with Crippen LogP contribution in [-0.2, 0) is 6.42 Å². The van der Waals surface area contributed by atoms with Crippen LogP contribution in [0.15, 0.2) is 18.2 Å². The minimum absolute atomic E-state index is 0.837. The van der Waals surface area contributed by atoms with E-state index in [2.05, 4.69) is 32.0 Å². The fourth-order valence-corrected chi connectivity index (χ4v) is 2.47. The lowest BCUT2D eigenvalue weighted by Crippen LogP contribution is -2.08. The summed E-state index contributed by atoms with van der Waals surface area (Å²) in [7, 11) is 0. The maximum Gasteiger partial charge on any atom is -0.0162 e. The Labute approximate surface area is 81.0 Å². The molecule has 1 unspecified atom stereocenters. The van der Waals surface area contributed by atoms with Crippen LogP contribution in [0, 0.1) is 6.92 Å². The van der Waals surface area contributed by atoms with Crippen LogP contribution in [0.1, 0.15) is 48.8 Å². The zero-order valence-corrected chi connectivity index (χ0v) is 8.64. The number of fused-ring (bicyclic) bond motifs is 1. The molecular weight excluding hydrogens is 156 g/mol. The fourth-order valence-electron chi connectivity index (χ4n) is 2.47. The Morgan fingerprint density at radius 3 is 3.00 bits per heavy atom. The van der Waals surface area contributed by atoms with Crippen molar-refractivity contribution in [2.75, 3.05) is 0 Å². The van der Waals surface area contributed by atoms with Crippen LogP contribution in [0.2, 0.25) is 0 Å². The van der Waals surface area contributed by atoms with Gasteiger partial charge in [0.25, 0.3) is 0 Å². The Balaban J connectivity index is 2.40.